The molecule has 1 N–H and O–H groups in total. The molecule has 0 aliphatic carbocycles. The van der Waals surface area contributed by atoms with Crippen LogP contribution in [0.25, 0.3) is 0 Å². The fourth-order valence-electron chi connectivity index (χ4n) is 4.50. The third-order valence-electron chi connectivity index (χ3n) is 6.17. The summed E-state index contributed by atoms with van der Waals surface area (Å²) in [7, 11) is 4.92. The number of carbonyl (C=O) groups excluding carboxylic acids is 1. The quantitative estimate of drug-likeness (QED) is 0.750. The van der Waals surface area contributed by atoms with Crippen molar-refractivity contribution in [1.82, 2.24) is 15.2 Å². The van der Waals surface area contributed by atoms with Gasteiger partial charge in [0.1, 0.15) is 5.75 Å². The lowest BCUT2D eigenvalue weighted by molar-refractivity contribution is -0.120. The number of nitrogens with zero attached hydrogens (tertiary/aromatic N) is 3. The Morgan fingerprint density at radius 1 is 1.21 bits per heavy atom. The fraction of sp³-hybridized carbons (Fsp3) is 0.538. The first kappa shape index (κ1) is 25.1. The zero-order valence-electron chi connectivity index (χ0n) is 20.9. The SMILES string of the molecule is COC.COc1ccc(Cc2cc3c(cn2)C(C)(C)CN3C(=O)CN2CCNC(C)C2)cc1. The van der Waals surface area contributed by atoms with Gasteiger partial charge < -0.3 is 19.7 Å². The largest absolute Gasteiger partial charge is 0.497 e. The van der Waals surface area contributed by atoms with Crippen molar-refractivity contribution in [2.24, 2.45) is 0 Å². The van der Waals surface area contributed by atoms with E-state index in [1.807, 2.05) is 23.2 Å². The molecule has 0 radical (unpaired) electrons. The molecule has 1 saturated heterocycles. The number of hydrogen-bond acceptors (Lipinski definition) is 6. The lowest BCUT2D eigenvalue weighted by atomic mass is 9.88. The van der Waals surface area contributed by atoms with Crippen molar-refractivity contribution in [3.8, 4) is 5.75 Å². The molecule has 0 saturated carbocycles. The van der Waals surface area contributed by atoms with E-state index in [-0.39, 0.29) is 11.3 Å². The van der Waals surface area contributed by atoms with E-state index >= 15 is 0 Å². The van der Waals surface area contributed by atoms with E-state index in [9.17, 15) is 4.79 Å². The van der Waals surface area contributed by atoms with Crippen molar-refractivity contribution in [3.05, 3.63) is 53.3 Å². The highest BCUT2D eigenvalue weighted by molar-refractivity contribution is 5.97. The van der Waals surface area contributed by atoms with E-state index in [0.717, 1.165) is 48.7 Å². The lowest BCUT2D eigenvalue weighted by Gasteiger charge is -2.32. The van der Waals surface area contributed by atoms with Crippen molar-refractivity contribution < 1.29 is 14.3 Å². The van der Waals surface area contributed by atoms with Crippen LogP contribution in [0, 0.1) is 0 Å². The Bertz CT molecular complexity index is 930. The van der Waals surface area contributed by atoms with Gasteiger partial charge in [-0.05, 0) is 30.7 Å². The minimum Gasteiger partial charge on any atom is -0.497 e. The topological polar surface area (TPSA) is 66.9 Å². The van der Waals surface area contributed by atoms with Crippen LogP contribution in [0.1, 0.15) is 37.6 Å². The maximum Gasteiger partial charge on any atom is 0.241 e. The molecule has 1 atom stereocenters. The second-order valence-electron chi connectivity index (χ2n) is 9.58. The Kier molecular flexibility index (Phi) is 8.46. The van der Waals surface area contributed by atoms with E-state index in [0.29, 0.717) is 19.1 Å². The highest BCUT2D eigenvalue weighted by atomic mass is 16.5. The van der Waals surface area contributed by atoms with Crippen LogP contribution < -0.4 is 15.0 Å². The second kappa shape index (κ2) is 11.1. The van der Waals surface area contributed by atoms with Crippen molar-refractivity contribution in [3.63, 3.8) is 0 Å². The smallest absolute Gasteiger partial charge is 0.241 e. The number of piperazine rings is 1. The van der Waals surface area contributed by atoms with Gasteiger partial charge >= 0.3 is 0 Å². The van der Waals surface area contributed by atoms with Crippen LogP contribution in [0.5, 0.6) is 5.75 Å². The molecule has 1 amide bonds. The fourth-order valence-corrected chi connectivity index (χ4v) is 4.50. The summed E-state index contributed by atoms with van der Waals surface area (Å²) in [4.78, 5) is 22.2. The van der Waals surface area contributed by atoms with Crippen LogP contribution in [0.3, 0.4) is 0 Å². The number of aromatic nitrogens is 1. The first-order valence-corrected chi connectivity index (χ1v) is 11.6. The normalized spacial score (nSPS) is 19.5. The maximum absolute atomic E-state index is 13.2. The lowest BCUT2D eigenvalue weighted by Crippen LogP contribution is -2.52. The van der Waals surface area contributed by atoms with E-state index in [2.05, 4.69) is 53.9 Å². The van der Waals surface area contributed by atoms with Crippen molar-refractivity contribution in [2.45, 2.75) is 38.6 Å². The molecule has 2 aromatic rings. The highest BCUT2D eigenvalue weighted by Gasteiger charge is 2.39. The molecule has 2 aliphatic rings. The van der Waals surface area contributed by atoms with Crippen LogP contribution in [0.4, 0.5) is 5.69 Å². The summed E-state index contributed by atoms with van der Waals surface area (Å²) in [5.41, 5.74) is 4.24. The van der Waals surface area contributed by atoms with E-state index < -0.39 is 0 Å². The summed E-state index contributed by atoms with van der Waals surface area (Å²) in [6.07, 6.45) is 2.70. The first-order chi connectivity index (χ1) is 15.8. The third kappa shape index (κ3) is 6.31. The van der Waals surface area contributed by atoms with Gasteiger partial charge in [-0.3, -0.25) is 14.7 Å². The summed E-state index contributed by atoms with van der Waals surface area (Å²) >= 11 is 0. The summed E-state index contributed by atoms with van der Waals surface area (Å²) in [5.74, 6) is 1.03. The Morgan fingerprint density at radius 3 is 2.55 bits per heavy atom. The Morgan fingerprint density at radius 2 is 1.91 bits per heavy atom. The molecule has 1 fully saturated rings. The molecule has 4 rings (SSSR count). The van der Waals surface area contributed by atoms with Crippen molar-refractivity contribution in [1.29, 1.82) is 0 Å². The Balaban J connectivity index is 0.000000968. The zero-order chi connectivity index (χ0) is 24.0. The average Bonchev–Trinajstić information content (AvgIpc) is 3.05. The molecule has 2 aliphatic heterocycles. The highest BCUT2D eigenvalue weighted by Crippen LogP contribution is 2.40. The third-order valence-corrected chi connectivity index (χ3v) is 6.17. The summed E-state index contributed by atoms with van der Waals surface area (Å²) < 4.78 is 9.49. The summed E-state index contributed by atoms with van der Waals surface area (Å²) in [6, 6.07) is 10.6. The van der Waals surface area contributed by atoms with Crippen LogP contribution >= 0.6 is 0 Å². The Hall–Kier alpha value is -2.48. The van der Waals surface area contributed by atoms with Crippen LogP contribution in [0.2, 0.25) is 0 Å². The molecule has 33 heavy (non-hydrogen) atoms. The molecule has 1 unspecified atom stereocenters. The molecular formula is C26H38N4O3. The van der Waals surface area contributed by atoms with Crippen LogP contribution in [-0.2, 0) is 21.4 Å². The van der Waals surface area contributed by atoms with E-state index in [1.54, 1.807) is 21.3 Å². The number of ether oxygens (including phenoxy) is 2. The van der Waals surface area contributed by atoms with Gasteiger partial charge in [-0.25, -0.2) is 0 Å². The van der Waals surface area contributed by atoms with Crippen molar-refractivity contribution >= 4 is 11.6 Å². The van der Waals surface area contributed by atoms with E-state index in [1.165, 1.54) is 5.56 Å². The molecule has 180 valence electrons. The molecule has 0 spiro atoms. The summed E-state index contributed by atoms with van der Waals surface area (Å²) in [5, 5.41) is 3.44. The predicted octanol–water partition coefficient (Wildman–Crippen LogP) is 2.86. The minimum absolute atomic E-state index is 0.0899. The van der Waals surface area contributed by atoms with Gasteiger partial charge in [0.15, 0.2) is 0 Å². The average molecular weight is 455 g/mol. The standard InChI is InChI=1S/C24H32N4O2.C2H6O/c1-17-14-27(10-9-25-17)15-23(29)28-16-24(2,3)21-13-26-19(12-22(21)28)11-18-5-7-20(30-4)8-6-18;1-3-2/h5-8,12-13,17,25H,9-11,14-16H2,1-4H3;1-2H3. The first-order valence-electron chi connectivity index (χ1n) is 11.6. The zero-order valence-corrected chi connectivity index (χ0v) is 20.9. The van der Waals surface area contributed by atoms with Gasteiger partial charge in [0.25, 0.3) is 0 Å². The number of rotatable bonds is 5. The summed E-state index contributed by atoms with van der Waals surface area (Å²) in [6.45, 7) is 10.5. The number of methoxy groups -OCH3 is 2. The second-order valence-corrected chi connectivity index (χ2v) is 9.58. The number of anilines is 1. The van der Waals surface area contributed by atoms with Gasteiger partial charge in [0, 0.05) is 75.7 Å². The molecule has 1 aromatic carbocycles. The number of hydrogen-bond donors (Lipinski definition) is 1. The number of fused-ring (bicyclic) bond motifs is 1. The Labute approximate surface area is 198 Å². The molecule has 3 heterocycles. The minimum atomic E-state index is -0.0899. The maximum atomic E-state index is 13.2. The molecule has 1 aromatic heterocycles. The van der Waals surface area contributed by atoms with Gasteiger partial charge in [0.2, 0.25) is 5.91 Å². The van der Waals surface area contributed by atoms with E-state index in [4.69, 9.17) is 9.72 Å². The molecular weight excluding hydrogens is 416 g/mol. The van der Waals surface area contributed by atoms with Crippen LogP contribution in [0.15, 0.2) is 36.5 Å². The van der Waals surface area contributed by atoms with Gasteiger partial charge in [-0.2, -0.15) is 0 Å². The van der Waals surface area contributed by atoms with Crippen molar-refractivity contribution in [2.75, 3.05) is 59.0 Å². The number of carbonyl (C=O) groups is 1. The monoisotopic (exact) mass is 454 g/mol. The van der Waals surface area contributed by atoms with Crippen LogP contribution in [-0.4, -0.2) is 75.9 Å². The number of amides is 1. The number of pyridine rings is 1. The van der Waals surface area contributed by atoms with Gasteiger partial charge in [-0.1, -0.05) is 26.0 Å². The van der Waals surface area contributed by atoms with Gasteiger partial charge in [-0.15, -0.1) is 0 Å². The van der Waals surface area contributed by atoms with Gasteiger partial charge in [0.05, 0.1) is 19.3 Å². The molecule has 7 nitrogen and oxygen atoms in total. The molecule has 7 heteroatoms. The predicted molar refractivity (Wildman–Crippen MR) is 132 cm³/mol. The molecule has 0 bridgehead atoms. The number of nitrogens with one attached hydrogen (secondary N) is 1. The number of benzene rings is 1.